The van der Waals surface area contributed by atoms with Crippen molar-refractivity contribution in [2.24, 2.45) is 5.92 Å². The zero-order valence-electron chi connectivity index (χ0n) is 10.0. The Labute approximate surface area is 97.6 Å². The molecule has 1 unspecified atom stereocenters. The molecule has 0 rings (SSSR count). The molecule has 0 bridgehead atoms. The van der Waals surface area contributed by atoms with Crippen molar-refractivity contribution in [2.75, 3.05) is 31.5 Å². The molecule has 0 heterocycles. The second kappa shape index (κ2) is 8.69. The zero-order chi connectivity index (χ0) is 11.0. The average molecular weight is 265 g/mol. The Bertz CT molecular complexity index is 124. The van der Waals surface area contributed by atoms with Crippen LogP contribution in [-0.4, -0.2) is 42.5 Å². The summed E-state index contributed by atoms with van der Waals surface area (Å²) in [6.07, 6.45) is 0. The molecular weight excluding hydrogens is 240 g/mol. The Morgan fingerprint density at radius 3 is 2.14 bits per heavy atom. The van der Waals surface area contributed by atoms with Gasteiger partial charge in [-0.1, -0.05) is 43.6 Å². The quantitative estimate of drug-likeness (QED) is 0.678. The van der Waals surface area contributed by atoms with E-state index < -0.39 is 0 Å². The highest BCUT2D eigenvalue weighted by molar-refractivity contribution is 9.09. The van der Waals surface area contributed by atoms with E-state index >= 15 is 0 Å². The van der Waals surface area contributed by atoms with Crippen LogP contribution in [0.15, 0.2) is 0 Å². The maximum atomic E-state index is 3.58. The molecule has 0 saturated heterocycles. The molecular formula is C11H25BrN2. The van der Waals surface area contributed by atoms with Crippen molar-refractivity contribution in [3.8, 4) is 0 Å². The van der Waals surface area contributed by atoms with Crippen molar-refractivity contribution in [3.63, 3.8) is 0 Å². The lowest BCUT2D eigenvalue weighted by Crippen LogP contribution is -2.40. The first-order chi connectivity index (χ1) is 6.65. The van der Waals surface area contributed by atoms with Crippen LogP contribution in [0.2, 0.25) is 0 Å². The molecule has 0 aromatic carbocycles. The fourth-order valence-corrected chi connectivity index (χ4v) is 2.39. The van der Waals surface area contributed by atoms with Gasteiger partial charge in [-0.05, 0) is 19.0 Å². The van der Waals surface area contributed by atoms with E-state index in [0.717, 1.165) is 31.5 Å². The lowest BCUT2D eigenvalue weighted by atomic mass is 10.1. The Morgan fingerprint density at radius 2 is 1.79 bits per heavy atom. The lowest BCUT2D eigenvalue weighted by molar-refractivity contribution is 0.291. The summed E-state index contributed by atoms with van der Waals surface area (Å²) >= 11 is 3.54. The van der Waals surface area contributed by atoms with Crippen LogP contribution in [0.3, 0.4) is 0 Å². The standard InChI is InChI=1S/C11H25BrN2/c1-5-14(6-2)8-7-13-11(9-12)10(3)4/h10-11,13H,5-9H2,1-4H3. The Kier molecular flexibility index (Phi) is 8.94. The molecule has 14 heavy (non-hydrogen) atoms. The van der Waals surface area contributed by atoms with E-state index in [1.165, 1.54) is 0 Å². The summed E-state index contributed by atoms with van der Waals surface area (Å²) in [7, 11) is 0. The van der Waals surface area contributed by atoms with Gasteiger partial charge in [-0.15, -0.1) is 0 Å². The van der Waals surface area contributed by atoms with Crippen LogP contribution in [0.1, 0.15) is 27.7 Å². The molecule has 0 aromatic rings. The van der Waals surface area contributed by atoms with Gasteiger partial charge in [-0.25, -0.2) is 0 Å². The molecule has 0 aliphatic rings. The van der Waals surface area contributed by atoms with Crippen LogP contribution < -0.4 is 5.32 Å². The first-order valence-corrected chi connectivity index (χ1v) is 6.79. The van der Waals surface area contributed by atoms with Crippen LogP contribution in [0.25, 0.3) is 0 Å². The lowest BCUT2D eigenvalue weighted by Gasteiger charge is -2.23. The summed E-state index contributed by atoms with van der Waals surface area (Å²) in [6, 6.07) is 0.602. The molecule has 1 N–H and O–H groups in total. The first-order valence-electron chi connectivity index (χ1n) is 5.67. The summed E-state index contributed by atoms with van der Waals surface area (Å²) in [5, 5.41) is 4.62. The van der Waals surface area contributed by atoms with Crippen LogP contribution in [0.5, 0.6) is 0 Å². The molecule has 0 saturated carbocycles. The minimum Gasteiger partial charge on any atom is -0.312 e. The van der Waals surface area contributed by atoms with Crippen LogP contribution in [0.4, 0.5) is 0 Å². The third-order valence-corrected chi connectivity index (χ3v) is 3.40. The zero-order valence-corrected chi connectivity index (χ0v) is 11.6. The average Bonchev–Trinajstić information content (AvgIpc) is 2.18. The van der Waals surface area contributed by atoms with Crippen molar-refractivity contribution >= 4 is 15.9 Å². The first kappa shape index (κ1) is 14.4. The van der Waals surface area contributed by atoms with Gasteiger partial charge in [0.1, 0.15) is 0 Å². The van der Waals surface area contributed by atoms with Crippen molar-refractivity contribution in [2.45, 2.75) is 33.7 Å². The molecule has 0 spiro atoms. The van der Waals surface area contributed by atoms with Gasteiger partial charge in [0.25, 0.3) is 0 Å². The predicted molar refractivity (Wildman–Crippen MR) is 68.2 cm³/mol. The second-order valence-electron chi connectivity index (χ2n) is 3.99. The van der Waals surface area contributed by atoms with Crippen molar-refractivity contribution in [1.29, 1.82) is 0 Å². The summed E-state index contributed by atoms with van der Waals surface area (Å²) in [4.78, 5) is 2.44. The minimum absolute atomic E-state index is 0.602. The number of nitrogens with one attached hydrogen (secondary N) is 1. The number of likely N-dealkylation sites (N-methyl/N-ethyl adjacent to an activating group) is 1. The second-order valence-corrected chi connectivity index (χ2v) is 4.63. The maximum absolute atomic E-state index is 3.58. The molecule has 1 atom stereocenters. The molecule has 0 amide bonds. The fraction of sp³-hybridized carbons (Fsp3) is 1.00. The molecule has 0 fully saturated rings. The highest BCUT2D eigenvalue weighted by Crippen LogP contribution is 2.04. The van der Waals surface area contributed by atoms with Gasteiger partial charge >= 0.3 is 0 Å². The van der Waals surface area contributed by atoms with Crippen molar-refractivity contribution in [3.05, 3.63) is 0 Å². The molecule has 3 heteroatoms. The highest BCUT2D eigenvalue weighted by atomic mass is 79.9. The van der Waals surface area contributed by atoms with Gasteiger partial charge in [0.2, 0.25) is 0 Å². The van der Waals surface area contributed by atoms with E-state index in [1.807, 2.05) is 0 Å². The smallest absolute Gasteiger partial charge is 0.0188 e. The minimum atomic E-state index is 0.602. The van der Waals surface area contributed by atoms with Gasteiger partial charge in [-0.3, -0.25) is 0 Å². The third kappa shape index (κ3) is 5.99. The Balaban J connectivity index is 3.59. The predicted octanol–water partition coefficient (Wildman–Crippen LogP) is 2.34. The molecule has 0 aliphatic carbocycles. The van der Waals surface area contributed by atoms with Crippen LogP contribution in [-0.2, 0) is 0 Å². The van der Waals surface area contributed by atoms with E-state index in [-0.39, 0.29) is 0 Å². The van der Waals surface area contributed by atoms with Crippen molar-refractivity contribution < 1.29 is 0 Å². The van der Waals surface area contributed by atoms with E-state index in [2.05, 4.69) is 53.8 Å². The summed E-state index contributed by atoms with van der Waals surface area (Å²) in [5.41, 5.74) is 0. The molecule has 86 valence electrons. The molecule has 0 aromatic heterocycles. The largest absolute Gasteiger partial charge is 0.312 e. The normalized spacial score (nSPS) is 13.9. The van der Waals surface area contributed by atoms with E-state index in [0.29, 0.717) is 12.0 Å². The fourth-order valence-electron chi connectivity index (χ4n) is 1.42. The van der Waals surface area contributed by atoms with E-state index in [4.69, 9.17) is 0 Å². The SMILES string of the molecule is CCN(CC)CCNC(CBr)C(C)C. The number of halogens is 1. The van der Waals surface area contributed by atoms with Crippen LogP contribution >= 0.6 is 15.9 Å². The van der Waals surface area contributed by atoms with Crippen LogP contribution in [0, 0.1) is 5.92 Å². The van der Waals surface area contributed by atoms with Gasteiger partial charge in [0, 0.05) is 24.5 Å². The van der Waals surface area contributed by atoms with Gasteiger partial charge in [0.15, 0.2) is 0 Å². The number of alkyl halides is 1. The Morgan fingerprint density at radius 1 is 1.21 bits per heavy atom. The molecule has 0 aliphatic heterocycles. The van der Waals surface area contributed by atoms with E-state index in [1.54, 1.807) is 0 Å². The topological polar surface area (TPSA) is 15.3 Å². The Hall–Kier alpha value is 0.400. The number of nitrogens with zero attached hydrogens (tertiary/aromatic N) is 1. The van der Waals surface area contributed by atoms with Crippen molar-refractivity contribution in [1.82, 2.24) is 10.2 Å². The number of hydrogen-bond donors (Lipinski definition) is 1. The van der Waals surface area contributed by atoms with Gasteiger partial charge in [-0.2, -0.15) is 0 Å². The monoisotopic (exact) mass is 264 g/mol. The summed E-state index contributed by atoms with van der Waals surface area (Å²) < 4.78 is 0. The number of rotatable bonds is 8. The molecule has 0 radical (unpaired) electrons. The summed E-state index contributed by atoms with van der Waals surface area (Å²) in [5.74, 6) is 0.700. The van der Waals surface area contributed by atoms with Gasteiger partial charge in [0.05, 0.1) is 0 Å². The third-order valence-electron chi connectivity index (χ3n) is 2.70. The highest BCUT2D eigenvalue weighted by Gasteiger charge is 2.10. The number of hydrogen-bond acceptors (Lipinski definition) is 2. The molecule has 2 nitrogen and oxygen atoms in total. The maximum Gasteiger partial charge on any atom is 0.0188 e. The van der Waals surface area contributed by atoms with Gasteiger partial charge < -0.3 is 10.2 Å². The van der Waals surface area contributed by atoms with E-state index in [9.17, 15) is 0 Å². The summed E-state index contributed by atoms with van der Waals surface area (Å²) in [6.45, 7) is 13.5.